The van der Waals surface area contributed by atoms with Gasteiger partial charge in [-0.2, -0.15) is 5.10 Å². The molecule has 3 rings (SSSR count). The van der Waals surface area contributed by atoms with Gasteiger partial charge in [0.25, 0.3) is 5.91 Å². The highest BCUT2D eigenvalue weighted by Gasteiger charge is 2.23. The molecule has 2 aromatic rings. The van der Waals surface area contributed by atoms with Crippen molar-refractivity contribution in [3.63, 3.8) is 0 Å². The van der Waals surface area contributed by atoms with Gasteiger partial charge in [-0.3, -0.25) is 4.79 Å². The Labute approximate surface area is 127 Å². The predicted molar refractivity (Wildman–Crippen MR) is 83.6 cm³/mol. The van der Waals surface area contributed by atoms with Crippen LogP contribution in [0.2, 0.25) is 0 Å². The van der Waals surface area contributed by atoms with Gasteiger partial charge >= 0.3 is 0 Å². The fraction of sp³-hybridized carbons (Fsp3) is 0.429. The summed E-state index contributed by atoms with van der Waals surface area (Å²) in [5, 5.41) is 13.1. The van der Waals surface area contributed by atoms with Crippen molar-refractivity contribution in [1.82, 2.24) is 15.1 Å². The standard InChI is InChI=1S/C14H19N5OS/c15-13(20)12-8-18-19-9-10(7-17-14(12)19)6-16-4-3-11-2-1-5-21-11/h1-2,5,8,10,16-17H,3-4,6-7,9H2,(H2,15,20)/t10-/m0/s1. The minimum Gasteiger partial charge on any atom is -0.369 e. The number of nitrogens with zero attached hydrogens (tertiary/aromatic N) is 2. The number of hydrogen-bond acceptors (Lipinski definition) is 5. The van der Waals surface area contributed by atoms with E-state index in [2.05, 4.69) is 33.2 Å². The zero-order chi connectivity index (χ0) is 14.7. The Bertz CT molecular complexity index is 607. The number of fused-ring (bicyclic) bond motifs is 1. The van der Waals surface area contributed by atoms with Gasteiger partial charge in [-0.15, -0.1) is 11.3 Å². The number of thiophene rings is 1. The van der Waals surface area contributed by atoms with Gasteiger partial charge in [-0.25, -0.2) is 4.68 Å². The molecule has 0 unspecified atom stereocenters. The van der Waals surface area contributed by atoms with Gasteiger partial charge in [-0.1, -0.05) is 6.07 Å². The highest BCUT2D eigenvalue weighted by molar-refractivity contribution is 7.09. The topological polar surface area (TPSA) is 85.0 Å². The Hall–Kier alpha value is -1.86. The molecule has 0 fully saturated rings. The lowest BCUT2D eigenvalue weighted by Gasteiger charge is -2.25. The van der Waals surface area contributed by atoms with E-state index < -0.39 is 5.91 Å². The first-order valence-electron chi connectivity index (χ1n) is 7.06. The highest BCUT2D eigenvalue weighted by atomic mass is 32.1. The van der Waals surface area contributed by atoms with Crippen LogP contribution in [0.1, 0.15) is 15.2 Å². The summed E-state index contributed by atoms with van der Waals surface area (Å²) < 4.78 is 1.83. The lowest BCUT2D eigenvalue weighted by atomic mass is 10.1. The molecule has 3 heterocycles. The average Bonchev–Trinajstić information content (AvgIpc) is 3.12. The van der Waals surface area contributed by atoms with Crippen LogP contribution in [0.25, 0.3) is 0 Å². The molecule has 0 aliphatic carbocycles. The van der Waals surface area contributed by atoms with Crippen molar-refractivity contribution < 1.29 is 4.79 Å². The summed E-state index contributed by atoms with van der Waals surface area (Å²) in [7, 11) is 0. The smallest absolute Gasteiger partial charge is 0.254 e. The number of rotatable bonds is 6. The second kappa shape index (κ2) is 6.28. The SMILES string of the molecule is NC(=O)c1cnn2c1NC[C@H](CNCCc1cccs1)C2. The molecule has 0 bridgehead atoms. The number of primary amides is 1. The zero-order valence-corrected chi connectivity index (χ0v) is 12.5. The number of aromatic nitrogens is 2. The lowest BCUT2D eigenvalue weighted by molar-refractivity contribution is 0.100. The first kappa shape index (κ1) is 14.1. The molecule has 1 amide bonds. The molecule has 0 saturated carbocycles. The summed E-state index contributed by atoms with van der Waals surface area (Å²) in [5.41, 5.74) is 5.79. The van der Waals surface area contributed by atoms with E-state index in [4.69, 9.17) is 5.73 Å². The lowest BCUT2D eigenvalue weighted by Crippen LogP contribution is -2.36. The maximum Gasteiger partial charge on any atom is 0.254 e. The van der Waals surface area contributed by atoms with Crippen LogP contribution < -0.4 is 16.4 Å². The monoisotopic (exact) mass is 305 g/mol. The highest BCUT2D eigenvalue weighted by Crippen LogP contribution is 2.21. The molecule has 1 aliphatic heterocycles. The number of nitrogens with one attached hydrogen (secondary N) is 2. The molecular weight excluding hydrogens is 286 g/mol. The molecule has 0 saturated heterocycles. The quantitative estimate of drug-likeness (QED) is 0.693. The van der Waals surface area contributed by atoms with Crippen molar-refractivity contribution in [2.75, 3.05) is 25.0 Å². The van der Waals surface area contributed by atoms with E-state index >= 15 is 0 Å². The molecule has 2 aromatic heterocycles. The van der Waals surface area contributed by atoms with Crippen molar-refractivity contribution in [2.45, 2.75) is 13.0 Å². The normalized spacial score (nSPS) is 17.2. The third-order valence-electron chi connectivity index (χ3n) is 3.66. The molecule has 112 valence electrons. The molecule has 4 N–H and O–H groups in total. The molecule has 0 radical (unpaired) electrons. The van der Waals surface area contributed by atoms with Crippen molar-refractivity contribution in [3.05, 3.63) is 34.2 Å². The van der Waals surface area contributed by atoms with Gasteiger partial charge in [0, 0.05) is 30.4 Å². The maximum atomic E-state index is 11.3. The van der Waals surface area contributed by atoms with Gasteiger partial charge in [0.2, 0.25) is 0 Å². The first-order chi connectivity index (χ1) is 10.2. The van der Waals surface area contributed by atoms with E-state index in [1.165, 1.54) is 11.1 Å². The van der Waals surface area contributed by atoms with Gasteiger partial charge in [0.1, 0.15) is 11.4 Å². The summed E-state index contributed by atoms with van der Waals surface area (Å²) in [5.74, 6) is 0.773. The van der Waals surface area contributed by atoms with E-state index in [1.807, 2.05) is 4.68 Å². The summed E-state index contributed by atoms with van der Waals surface area (Å²) in [6.07, 6.45) is 2.61. The predicted octanol–water partition coefficient (Wildman–Crippen LogP) is 0.917. The fourth-order valence-electron chi connectivity index (χ4n) is 2.55. The van der Waals surface area contributed by atoms with Gasteiger partial charge in [0.15, 0.2) is 0 Å². The molecule has 0 spiro atoms. The van der Waals surface area contributed by atoms with Crippen LogP contribution in [0.15, 0.2) is 23.7 Å². The summed E-state index contributed by atoms with van der Waals surface area (Å²) >= 11 is 1.79. The maximum absolute atomic E-state index is 11.3. The average molecular weight is 305 g/mol. The number of carbonyl (C=O) groups is 1. The van der Waals surface area contributed by atoms with Crippen LogP contribution in [-0.4, -0.2) is 35.3 Å². The minimum absolute atomic E-state index is 0.434. The Morgan fingerprint density at radius 2 is 2.52 bits per heavy atom. The van der Waals surface area contributed by atoms with Crippen molar-refractivity contribution in [2.24, 2.45) is 11.7 Å². The Morgan fingerprint density at radius 3 is 3.29 bits per heavy atom. The zero-order valence-electron chi connectivity index (χ0n) is 11.7. The van der Waals surface area contributed by atoms with E-state index in [-0.39, 0.29) is 0 Å². The molecule has 21 heavy (non-hydrogen) atoms. The van der Waals surface area contributed by atoms with E-state index in [1.54, 1.807) is 11.3 Å². The first-order valence-corrected chi connectivity index (χ1v) is 7.94. The summed E-state index contributed by atoms with van der Waals surface area (Å²) in [6, 6.07) is 4.25. The van der Waals surface area contributed by atoms with Gasteiger partial charge in [0.05, 0.1) is 6.20 Å². The summed E-state index contributed by atoms with van der Waals surface area (Å²) in [6.45, 7) is 3.55. The van der Waals surface area contributed by atoms with E-state index in [0.29, 0.717) is 11.5 Å². The van der Waals surface area contributed by atoms with Crippen molar-refractivity contribution >= 4 is 23.1 Å². The third-order valence-corrected chi connectivity index (χ3v) is 4.59. The van der Waals surface area contributed by atoms with Crippen LogP contribution in [0, 0.1) is 5.92 Å². The molecule has 7 heteroatoms. The van der Waals surface area contributed by atoms with Gasteiger partial charge in [-0.05, 0) is 24.4 Å². The van der Waals surface area contributed by atoms with Crippen LogP contribution in [0.5, 0.6) is 0 Å². The van der Waals surface area contributed by atoms with Crippen LogP contribution in [0.4, 0.5) is 5.82 Å². The number of amides is 1. The number of hydrogen-bond donors (Lipinski definition) is 3. The second-order valence-electron chi connectivity index (χ2n) is 5.23. The Kier molecular flexibility index (Phi) is 4.21. The fourth-order valence-corrected chi connectivity index (χ4v) is 3.26. The van der Waals surface area contributed by atoms with Crippen LogP contribution in [-0.2, 0) is 13.0 Å². The summed E-state index contributed by atoms with van der Waals surface area (Å²) in [4.78, 5) is 12.7. The van der Waals surface area contributed by atoms with Crippen LogP contribution in [0.3, 0.4) is 0 Å². The molecule has 6 nitrogen and oxygen atoms in total. The number of nitrogens with two attached hydrogens (primary N) is 1. The van der Waals surface area contributed by atoms with E-state index in [0.717, 1.165) is 38.4 Å². The molecule has 1 atom stereocenters. The van der Waals surface area contributed by atoms with Crippen molar-refractivity contribution in [1.29, 1.82) is 0 Å². The molecular formula is C14H19N5OS. The Balaban J connectivity index is 1.47. The van der Waals surface area contributed by atoms with Gasteiger partial charge < -0.3 is 16.4 Å². The number of anilines is 1. The molecule has 0 aromatic carbocycles. The van der Waals surface area contributed by atoms with E-state index in [9.17, 15) is 4.79 Å². The van der Waals surface area contributed by atoms with Crippen LogP contribution >= 0.6 is 11.3 Å². The second-order valence-corrected chi connectivity index (χ2v) is 6.27. The molecule has 1 aliphatic rings. The van der Waals surface area contributed by atoms with Crippen molar-refractivity contribution in [3.8, 4) is 0 Å². The Morgan fingerprint density at radius 1 is 1.62 bits per heavy atom. The minimum atomic E-state index is -0.434. The third kappa shape index (κ3) is 3.25. The number of carbonyl (C=O) groups excluding carboxylic acids is 1. The largest absolute Gasteiger partial charge is 0.369 e.